The predicted molar refractivity (Wildman–Crippen MR) is 309 cm³/mol. The maximum Gasteiger partial charge on any atom is 0.175 e. The Kier molecular flexibility index (Phi) is 36.1. The van der Waals surface area contributed by atoms with Crippen molar-refractivity contribution in [2.24, 2.45) is 0 Å². The molecule has 0 aliphatic carbocycles. The number of rotatable bonds is 6. The molecule has 0 fully saturated rings. The summed E-state index contributed by atoms with van der Waals surface area (Å²) in [7, 11) is -5.40. The molecule has 9 nitrogen and oxygen atoms in total. The Morgan fingerprint density at radius 2 is 0.797 bits per heavy atom. The summed E-state index contributed by atoms with van der Waals surface area (Å²) in [5.74, 6) is 0.288. The van der Waals surface area contributed by atoms with Gasteiger partial charge in [0.25, 0.3) is 0 Å². The Bertz CT molecular complexity index is 3000. The van der Waals surface area contributed by atoms with E-state index in [1.165, 1.54) is 20.1 Å². The number of allylic oxidation sites excluding steroid dienone is 8. The fourth-order valence-electron chi connectivity index (χ4n) is 5.07. The van der Waals surface area contributed by atoms with E-state index >= 15 is 0 Å². The first-order chi connectivity index (χ1) is 35.0. The fourth-order valence-corrected chi connectivity index (χ4v) is 7.51. The van der Waals surface area contributed by atoms with Crippen LogP contribution in [-0.2, 0) is 19.2 Å². The summed E-state index contributed by atoms with van der Waals surface area (Å²) in [5, 5.41) is 35.5. The number of carbonyl (C=O) groups is 2. The zero-order valence-corrected chi connectivity index (χ0v) is 46.9. The van der Waals surface area contributed by atoms with Crippen molar-refractivity contribution in [3.05, 3.63) is 233 Å². The van der Waals surface area contributed by atoms with Crippen LogP contribution in [-0.4, -0.2) is 32.9 Å². The van der Waals surface area contributed by atoms with Gasteiger partial charge >= 0.3 is 0 Å². The molecule has 0 saturated carbocycles. The number of nitriles is 4. The van der Waals surface area contributed by atoms with Crippen molar-refractivity contribution < 1.29 is 22.6 Å². The second kappa shape index (κ2) is 39.4. The minimum absolute atomic E-state index is 0.121. The number of Topliss-reactive ketones (excluding diaryl/α,β-unsaturated/α-hetero) is 2. The molecule has 0 radical (unpaired) electrons. The van der Waals surface area contributed by atoms with Crippen LogP contribution in [0, 0.1) is 45.3 Å². The van der Waals surface area contributed by atoms with Gasteiger partial charge in [-0.1, -0.05) is 193 Å². The highest BCUT2D eigenvalue weighted by Gasteiger charge is 2.19. The molecule has 0 unspecified atom stereocenters. The molecule has 0 amide bonds. The standard InChI is InChI=1S/C13H13OP.C11H11N.C10H9N.C8H8O.C7H8O2S.C6H9N.C5H7N.C3H6O/c1-15(14,12-8-4-2-5-9-12)13-10-6-3-7-11-13;1-9(2)11(8-12)10-6-4-3-5-7-10;1-2-9(8-11)10-6-4-3-5-7-10;1-7(9)8-5-3-2-4-6-8;1-10(8,9)7-5-3-2-4-6-7;1-5(2)6(3)4-7;1-3-5(2)4-6;1-3(2)4/h2-11H,1H3;3-7H,1-2H3;2-7H,1H3;2-6H,1H3;2-6H,1H3;1-3H3;3H,1-2H3;1-2H3/b;;9-2-;;;;5-3+;. The topological polar surface area (TPSA) is 181 Å². The largest absolute Gasteiger partial charge is 0.314 e. The zero-order valence-electron chi connectivity index (χ0n) is 45.2. The summed E-state index contributed by atoms with van der Waals surface area (Å²) >= 11 is 0. The molecule has 0 aromatic heterocycles. The normalized spacial score (nSPS) is 9.80. The summed E-state index contributed by atoms with van der Waals surface area (Å²) in [6.07, 6.45) is 4.79. The van der Waals surface area contributed by atoms with Gasteiger partial charge in [-0.3, -0.25) is 4.79 Å². The molecule has 384 valence electrons. The quantitative estimate of drug-likeness (QED) is 0.0891. The molecular weight excluding hydrogens is 956 g/mol. The molecule has 6 rings (SSSR count). The van der Waals surface area contributed by atoms with Crippen LogP contribution in [0.1, 0.15) is 97.6 Å². The molecule has 0 heterocycles. The lowest BCUT2D eigenvalue weighted by Crippen LogP contribution is -2.14. The van der Waals surface area contributed by atoms with E-state index < -0.39 is 17.0 Å². The summed E-state index contributed by atoms with van der Waals surface area (Å²) in [5.41, 5.74) is 8.01. The number of carbonyl (C=O) groups excluding carboxylic acids is 2. The van der Waals surface area contributed by atoms with Gasteiger partial charge in [0.15, 0.2) is 15.6 Å². The van der Waals surface area contributed by atoms with Gasteiger partial charge in [0, 0.05) is 33.6 Å². The van der Waals surface area contributed by atoms with Gasteiger partial charge in [0.05, 0.1) is 40.3 Å². The lowest BCUT2D eigenvalue weighted by molar-refractivity contribution is -0.115. The van der Waals surface area contributed by atoms with Gasteiger partial charge in [-0.05, 0) is 106 Å². The van der Waals surface area contributed by atoms with Crippen LogP contribution in [0.2, 0.25) is 0 Å². The second-order valence-corrected chi connectivity index (χ2v) is 21.3. The van der Waals surface area contributed by atoms with Crippen molar-refractivity contribution in [3.8, 4) is 24.3 Å². The van der Waals surface area contributed by atoms with Crippen molar-refractivity contribution in [1.82, 2.24) is 0 Å². The average Bonchev–Trinajstić information content (AvgIpc) is 3.41. The van der Waals surface area contributed by atoms with Crippen molar-refractivity contribution in [1.29, 1.82) is 21.0 Å². The molecule has 6 aromatic carbocycles. The summed E-state index contributed by atoms with van der Waals surface area (Å²) < 4.78 is 34.3. The monoisotopic (exact) mass is 1030 g/mol. The molecule has 74 heavy (non-hydrogen) atoms. The SMILES string of the molecule is C/C=C(/C#N)c1ccccc1.C/C=C(\C)C#N.CC(=O)c1ccccc1.CC(C)=C(C#N)c1ccccc1.CC(C)=C(C)C#N.CC(C)=O.CP(=O)(c1ccccc1)c1ccccc1.CS(=O)(=O)c1ccccc1. The summed E-state index contributed by atoms with van der Waals surface area (Å²) in [6.45, 7) is 21.5. The molecule has 0 atom stereocenters. The number of ketones is 2. The predicted octanol–water partition coefficient (Wildman–Crippen LogP) is 15.2. The van der Waals surface area contributed by atoms with E-state index in [4.69, 9.17) is 21.0 Å². The van der Waals surface area contributed by atoms with Gasteiger partial charge in [-0.2, -0.15) is 21.0 Å². The van der Waals surface area contributed by atoms with Crippen molar-refractivity contribution >= 4 is 50.3 Å². The van der Waals surface area contributed by atoms with E-state index in [0.717, 1.165) is 60.7 Å². The first-order valence-electron chi connectivity index (χ1n) is 23.3. The lowest BCUT2D eigenvalue weighted by atomic mass is 10.0. The fraction of sp³-hybridized carbons (Fsp3) is 0.206. The number of sulfone groups is 1. The van der Waals surface area contributed by atoms with Crippen LogP contribution < -0.4 is 10.6 Å². The van der Waals surface area contributed by atoms with E-state index in [1.54, 1.807) is 50.3 Å². The highest BCUT2D eigenvalue weighted by Crippen LogP contribution is 2.38. The molecular formula is C63H71N4O5PS. The third kappa shape index (κ3) is 31.2. The summed E-state index contributed by atoms with van der Waals surface area (Å²) in [6, 6.07) is 64.6. The Labute approximate surface area is 443 Å². The number of hydrogen-bond acceptors (Lipinski definition) is 9. The first kappa shape index (κ1) is 67.8. The molecule has 0 bridgehead atoms. The van der Waals surface area contributed by atoms with Crippen LogP contribution >= 0.6 is 7.14 Å². The molecule has 6 aromatic rings. The van der Waals surface area contributed by atoms with Crippen molar-refractivity contribution in [3.63, 3.8) is 0 Å². The van der Waals surface area contributed by atoms with Gasteiger partial charge in [0.2, 0.25) is 0 Å². The number of hydrogen-bond donors (Lipinski definition) is 0. The van der Waals surface area contributed by atoms with Gasteiger partial charge in [-0.25, -0.2) is 8.42 Å². The average molecular weight is 1030 g/mol. The maximum absolute atomic E-state index is 12.6. The second-order valence-electron chi connectivity index (χ2n) is 16.4. The third-order valence-corrected chi connectivity index (χ3v) is 13.2. The van der Waals surface area contributed by atoms with Crippen LogP contribution in [0.3, 0.4) is 0 Å². The molecule has 0 saturated heterocycles. The minimum Gasteiger partial charge on any atom is -0.314 e. The van der Waals surface area contributed by atoms with E-state index in [-0.39, 0.29) is 11.6 Å². The Morgan fingerprint density at radius 3 is 1.00 bits per heavy atom. The highest BCUT2D eigenvalue weighted by molar-refractivity contribution is 7.90. The van der Waals surface area contributed by atoms with E-state index in [9.17, 15) is 22.6 Å². The Balaban J connectivity index is 0. The zero-order chi connectivity index (χ0) is 56.5. The highest BCUT2D eigenvalue weighted by atomic mass is 32.2. The lowest BCUT2D eigenvalue weighted by Gasteiger charge is -2.13. The summed E-state index contributed by atoms with van der Waals surface area (Å²) in [4.78, 5) is 20.5. The van der Waals surface area contributed by atoms with Crippen LogP contribution in [0.25, 0.3) is 11.1 Å². The maximum atomic E-state index is 12.6. The Hall–Kier alpha value is -8.24. The Morgan fingerprint density at radius 1 is 0.459 bits per heavy atom. The minimum atomic E-state index is -3.00. The van der Waals surface area contributed by atoms with Crippen LogP contribution in [0.4, 0.5) is 0 Å². The molecule has 0 aliphatic heterocycles. The van der Waals surface area contributed by atoms with Gasteiger partial charge in [0.1, 0.15) is 12.9 Å². The van der Waals surface area contributed by atoms with Crippen molar-refractivity contribution in [2.45, 2.75) is 81.1 Å². The van der Waals surface area contributed by atoms with Crippen LogP contribution in [0.5, 0.6) is 0 Å². The van der Waals surface area contributed by atoms with E-state index in [1.807, 2.05) is 225 Å². The van der Waals surface area contributed by atoms with E-state index in [2.05, 4.69) is 12.1 Å². The molecule has 0 spiro atoms. The third-order valence-electron chi connectivity index (χ3n) is 9.54. The molecule has 0 aliphatic rings. The van der Waals surface area contributed by atoms with E-state index in [0.29, 0.717) is 4.90 Å². The molecule has 0 N–H and O–H groups in total. The van der Waals surface area contributed by atoms with Gasteiger partial charge < -0.3 is 9.36 Å². The number of benzene rings is 6. The molecule has 11 heteroatoms. The number of nitrogens with zero attached hydrogens (tertiary/aromatic N) is 4. The van der Waals surface area contributed by atoms with Crippen molar-refractivity contribution in [2.75, 3.05) is 12.9 Å². The smallest absolute Gasteiger partial charge is 0.175 e. The van der Waals surface area contributed by atoms with Crippen LogP contribution in [0.15, 0.2) is 221 Å². The van der Waals surface area contributed by atoms with Gasteiger partial charge in [-0.15, -0.1) is 0 Å². The first-order valence-corrected chi connectivity index (χ1v) is 27.3.